The number of amides is 1. The summed E-state index contributed by atoms with van der Waals surface area (Å²) in [6, 6.07) is 16.5. The van der Waals surface area contributed by atoms with Crippen LogP contribution in [0, 0.1) is 0 Å². The Morgan fingerprint density at radius 3 is 2.72 bits per heavy atom. The van der Waals surface area contributed by atoms with Crippen LogP contribution in [0.2, 0.25) is 0 Å². The smallest absolute Gasteiger partial charge is 0.325 e. The second kappa shape index (κ2) is 9.54. The summed E-state index contributed by atoms with van der Waals surface area (Å²) < 4.78 is 6.67. The third-order valence-electron chi connectivity index (χ3n) is 4.37. The Labute approximate surface area is 169 Å². The number of esters is 1. The Morgan fingerprint density at radius 2 is 1.97 bits per heavy atom. The lowest BCUT2D eigenvalue weighted by Crippen LogP contribution is -2.27. The zero-order valence-corrected chi connectivity index (χ0v) is 16.5. The van der Waals surface area contributed by atoms with E-state index < -0.39 is 0 Å². The molecule has 2 N–H and O–H groups in total. The van der Waals surface area contributed by atoms with E-state index in [-0.39, 0.29) is 24.5 Å². The predicted molar refractivity (Wildman–Crippen MR) is 111 cm³/mol. The number of nitrogens with one attached hydrogen (secondary N) is 2. The Kier molecular flexibility index (Phi) is 6.63. The highest BCUT2D eigenvalue weighted by Gasteiger charge is 2.16. The van der Waals surface area contributed by atoms with Crippen LogP contribution in [0.1, 0.15) is 35.8 Å². The van der Waals surface area contributed by atoms with Gasteiger partial charge in [0.05, 0.1) is 18.3 Å². The number of rotatable bonds is 8. The van der Waals surface area contributed by atoms with Crippen molar-refractivity contribution in [3.8, 4) is 5.69 Å². The second-order valence-electron chi connectivity index (χ2n) is 6.44. The van der Waals surface area contributed by atoms with E-state index in [4.69, 9.17) is 4.74 Å². The molecule has 0 aliphatic rings. The number of nitrogens with zero attached hydrogens (tertiary/aromatic N) is 2. The highest BCUT2D eigenvalue weighted by molar-refractivity contribution is 5.95. The van der Waals surface area contributed by atoms with Gasteiger partial charge in [-0.25, -0.2) is 4.68 Å². The first-order valence-electron chi connectivity index (χ1n) is 9.48. The minimum Gasteiger partial charge on any atom is -0.465 e. The number of carbonyl (C=O) groups is 2. The molecule has 1 heterocycles. The standard InChI is InChI=1S/C22H24N4O3/c1-3-29-21(27)15-23-18-9-6-8-17(14-18)22(28)25-16(2)19-10-4-5-11-20(19)26-13-7-12-24-26/h4-14,16,23H,3,15H2,1-2H3,(H,25,28). The average Bonchev–Trinajstić information content (AvgIpc) is 3.27. The Balaban J connectivity index is 1.69. The van der Waals surface area contributed by atoms with Crippen molar-refractivity contribution in [1.29, 1.82) is 0 Å². The fourth-order valence-corrected chi connectivity index (χ4v) is 2.99. The molecular weight excluding hydrogens is 368 g/mol. The summed E-state index contributed by atoms with van der Waals surface area (Å²) in [7, 11) is 0. The van der Waals surface area contributed by atoms with Crippen LogP contribution in [-0.2, 0) is 9.53 Å². The van der Waals surface area contributed by atoms with Crippen LogP contribution < -0.4 is 10.6 Å². The molecule has 1 unspecified atom stereocenters. The Bertz CT molecular complexity index is 970. The summed E-state index contributed by atoms with van der Waals surface area (Å²) in [4.78, 5) is 24.3. The molecule has 0 aliphatic heterocycles. The van der Waals surface area contributed by atoms with Crippen LogP contribution in [0.25, 0.3) is 5.69 Å². The first kappa shape index (κ1) is 20.1. The van der Waals surface area contributed by atoms with Gasteiger partial charge in [-0.05, 0) is 49.7 Å². The van der Waals surface area contributed by atoms with Crippen LogP contribution >= 0.6 is 0 Å². The van der Waals surface area contributed by atoms with Crippen molar-refractivity contribution in [2.75, 3.05) is 18.5 Å². The van der Waals surface area contributed by atoms with Crippen molar-refractivity contribution in [3.05, 3.63) is 78.1 Å². The first-order chi connectivity index (χ1) is 14.1. The number of hydrogen-bond donors (Lipinski definition) is 2. The minimum atomic E-state index is -0.341. The number of anilines is 1. The van der Waals surface area contributed by atoms with Gasteiger partial charge in [0.25, 0.3) is 5.91 Å². The molecule has 1 amide bonds. The van der Waals surface area contributed by atoms with Crippen molar-refractivity contribution in [1.82, 2.24) is 15.1 Å². The van der Waals surface area contributed by atoms with Gasteiger partial charge in [-0.1, -0.05) is 24.3 Å². The number of carbonyl (C=O) groups excluding carboxylic acids is 2. The van der Waals surface area contributed by atoms with Crippen LogP contribution in [0.15, 0.2) is 67.0 Å². The molecule has 1 atom stereocenters. The van der Waals surface area contributed by atoms with Gasteiger partial charge < -0.3 is 15.4 Å². The number of para-hydroxylation sites is 1. The highest BCUT2D eigenvalue weighted by atomic mass is 16.5. The molecule has 3 aromatic rings. The molecule has 0 radical (unpaired) electrons. The van der Waals surface area contributed by atoms with E-state index >= 15 is 0 Å². The first-order valence-corrected chi connectivity index (χ1v) is 9.48. The minimum absolute atomic E-state index is 0.0482. The topological polar surface area (TPSA) is 85.2 Å². The van der Waals surface area contributed by atoms with Gasteiger partial charge in [-0.2, -0.15) is 5.10 Å². The molecule has 0 fully saturated rings. The lowest BCUT2D eigenvalue weighted by atomic mass is 10.1. The zero-order chi connectivity index (χ0) is 20.6. The SMILES string of the molecule is CCOC(=O)CNc1cccc(C(=O)NC(C)c2ccccc2-n2cccn2)c1. The summed E-state index contributed by atoms with van der Waals surface area (Å²) in [5, 5.41) is 10.3. The van der Waals surface area contributed by atoms with Crippen molar-refractivity contribution in [3.63, 3.8) is 0 Å². The zero-order valence-electron chi connectivity index (χ0n) is 16.5. The van der Waals surface area contributed by atoms with Gasteiger partial charge in [0.1, 0.15) is 6.54 Å². The molecule has 2 aromatic carbocycles. The number of hydrogen-bond acceptors (Lipinski definition) is 5. The largest absolute Gasteiger partial charge is 0.465 e. The molecule has 7 heteroatoms. The number of aromatic nitrogens is 2. The maximum absolute atomic E-state index is 12.8. The maximum atomic E-state index is 12.8. The van der Waals surface area contributed by atoms with E-state index in [1.165, 1.54) is 0 Å². The average molecular weight is 392 g/mol. The third kappa shape index (κ3) is 5.22. The monoisotopic (exact) mass is 392 g/mol. The fourth-order valence-electron chi connectivity index (χ4n) is 2.99. The molecular formula is C22H24N4O3. The lowest BCUT2D eigenvalue weighted by molar-refractivity contribution is -0.140. The summed E-state index contributed by atoms with van der Waals surface area (Å²) in [5.41, 5.74) is 3.05. The molecule has 1 aromatic heterocycles. The molecule has 0 saturated carbocycles. The van der Waals surface area contributed by atoms with E-state index in [0.29, 0.717) is 17.9 Å². The van der Waals surface area contributed by atoms with E-state index in [1.54, 1.807) is 42.1 Å². The quantitative estimate of drug-likeness (QED) is 0.575. The van der Waals surface area contributed by atoms with Crippen LogP contribution in [-0.4, -0.2) is 34.8 Å². The molecule has 0 saturated heterocycles. The van der Waals surface area contributed by atoms with Crippen molar-refractivity contribution in [2.24, 2.45) is 0 Å². The number of benzene rings is 2. The van der Waals surface area contributed by atoms with Crippen molar-refractivity contribution < 1.29 is 14.3 Å². The van der Waals surface area contributed by atoms with E-state index in [9.17, 15) is 9.59 Å². The van der Waals surface area contributed by atoms with Gasteiger partial charge in [0.15, 0.2) is 0 Å². The molecule has 150 valence electrons. The molecule has 7 nitrogen and oxygen atoms in total. The van der Waals surface area contributed by atoms with Gasteiger partial charge in [-0.3, -0.25) is 9.59 Å². The van der Waals surface area contributed by atoms with Gasteiger partial charge in [-0.15, -0.1) is 0 Å². The molecule has 0 spiro atoms. The summed E-state index contributed by atoms with van der Waals surface area (Å²) in [6.45, 7) is 4.07. The van der Waals surface area contributed by atoms with E-state index in [1.807, 2.05) is 43.5 Å². The highest BCUT2D eigenvalue weighted by Crippen LogP contribution is 2.21. The van der Waals surface area contributed by atoms with Crippen molar-refractivity contribution in [2.45, 2.75) is 19.9 Å². The summed E-state index contributed by atoms with van der Waals surface area (Å²) in [5.74, 6) is -0.543. The van der Waals surface area contributed by atoms with E-state index in [0.717, 1.165) is 11.3 Å². The normalized spacial score (nSPS) is 11.5. The predicted octanol–water partition coefficient (Wildman–Crippen LogP) is 3.34. The molecule has 29 heavy (non-hydrogen) atoms. The van der Waals surface area contributed by atoms with Crippen LogP contribution in [0.5, 0.6) is 0 Å². The van der Waals surface area contributed by atoms with E-state index in [2.05, 4.69) is 15.7 Å². The Morgan fingerprint density at radius 1 is 1.14 bits per heavy atom. The van der Waals surface area contributed by atoms with Crippen LogP contribution in [0.4, 0.5) is 5.69 Å². The second-order valence-corrected chi connectivity index (χ2v) is 6.44. The summed E-state index contributed by atoms with van der Waals surface area (Å²) in [6.07, 6.45) is 3.58. The lowest BCUT2D eigenvalue weighted by Gasteiger charge is -2.18. The van der Waals surface area contributed by atoms with Gasteiger partial charge in [0, 0.05) is 23.6 Å². The van der Waals surface area contributed by atoms with Crippen molar-refractivity contribution >= 4 is 17.6 Å². The van der Waals surface area contributed by atoms with Gasteiger partial charge in [0.2, 0.25) is 0 Å². The fraction of sp³-hybridized carbons (Fsp3) is 0.227. The Hall–Kier alpha value is -3.61. The van der Waals surface area contributed by atoms with Crippen LogP contribution in [0.3, 0.4) is 0 Å². The molecule has 3 rings (SSSR count). The maximum Gasteiger partial charge on any atom is 0.325 e. The summed E-state index contributed by atoms with van der Waals surface area (Å²) >= 11 is 0. The van der Waals surface area contributed by atoms with Gasteiger partial charge >= 0.3 is 5.97 Å². The molecule has 0 aliphatic carbocycles. The third-order valence-corrected chi connectivity index (χ3v) is 4.37. The molecule has 0 bridgehead atoms. The number of ether oxygens (including phenoxy) is 1.